The summed E-state index contributed by atoms with van der Waals surface area (Å²) in [6.45, 7) is -1.55. The molecule has 3 rings (SSSR count). The van der Waals surface area contributed by atoms with Gasteiger partial charge in [0.2, 0.25) is 11.8 Å². The van der Waals surface area contributed by atoms with Crippen LogP contribution >= 0.6 is 0 Å². The normalized spacial score (nSPS) is 13.7. The first kappa shape index (κ1) is 18.7. The number of pyridine rings is 1. The second kappa shape index (κ2) is 7.65. The van der Waals surface area contributed by atoms with E-state index in [-0.39, 0.29) is 17.4 Å². The highest BCUT2D eigenvalue weighted by Gasteiger charge is 2.30. The average molecular weight is 379 g/mol. The molecule has 0 bridgehead atoms. The number of carbonyl (C=O) groups excluding carboxylic acids is 2. The molecule has 9 heteroatoms. The summed E-state index contributed by atoms with van der Waals surface area (Å²) < 4.78 is 41.6. The van der Waals surface area contributed by atoms with E-state index in [4.69, 9.17) is 0 Å². The maximum absolute atomic E-state index is 12.4. The van der Waals surface area contributed by atoms with E-state index in [1.54, 1.807) is 24.3 Å². The zero-order chi connectivity index (χ0) is 19.4. The van der Waals surface area contributed by atoms with Crippen LogP contribution in [0.4, 0.5) is 24.5 Å². The molecule has 1 aliphatic rings. The summed E-state index contributed by atoms with van der Waals surface area (Å²) in [5.41, 5.74) is 0.762. The van der Waals surface area contributed by atoms with Gasteiger partial charge in [-0.3, -0.25) is 9.59 Å². The zero-order valence-electron chi connectivity index (χ0n) is 14.0. The van der Waals surface area contributed by atoms with Gasteiger partial charge in [0.15, 0.2) is 6.61 Å². The molecule has 0 spiro atoms. The summed E-state index contributed by atoms with van der Waals surface area (Å²) in [7, 11) is 0. The highest BCUT2D eigenvalue weighted by molar-refractivity contribution is 6.06. The molecule has 0 atom stereocenters. The van der Waals surface area contributed by atoms with Crippen LogP contribution < -0.4 is 15.4 Å². The standard InChI is InChI=1S/C18H16F3N3O3/c19-18(20,21)10-27-17-14(5-2-8-22-17)16(26)24-13-4-1-3-12(9-13)23-15(25)11-6-7-11/h1-5,8-9,11H,6-7,10H2,(H,23,25)(H,24,26). The number of benzene rings is 1. The number of ether oxygens (including phenoxy) is 1. The molecular formula is C18H16F3N3O3. The molecule has 142 valence electrons. The Labute approximate surface area is 152 Å². The van der Waals surface area contributed by atoms with Crippen LogP contribution in [0.15, 0.2) is 42.6 Å². The van der Waals surface area contributed by atoms with Crippen molar-refractivity contribution in [1.29, 1.82) is 0 Å². The summed E-state index contributed by atoms with van der Waals surface area (Å²) in [4.78, 5) is 27.9. The number of aromatic nitrogens is 1. The number of carbonyl (C=O) groups is 2. The first-order chi connectivity index (χ1) is 12.8. The topological polar surface area (TPSA) is 80.3 Å². The number of alkyl halides is 3. The van der Waals surface area contributed by atoms with Crippen molar-refractivity contribution in [3.05, 3.63) is 48.2 Å². The Kier molecular flexibility index (Phi) is 5.29. The average Bonchev–Trinajstić information content (AvgIpc) is 3.45. The Morgan fingerprint density at radius 1 is 1.11 bits per heavy atom. The summed E-state index contributed by atoms with van der Waals surface area (Å²) in [6, 6.07) is 9.21. The van der Waals surface area contributed by atoms with Gasteiger partial charge in [0.1, 0.15) is 5.56 Å². The number of amides is 2. The van der Waals surface area contributed by atoms with E-state index in [0.29, 0.717) is 11.4 Å². The van der Waals surface area contributed by atoms with Gasteiger partial charge in [0.05, 0.1) is 0 Å². The Balaban J connectivity index is 1.69. The van der Waals surface area contributed by atoms with Gasteiger partial charge in [-0.2, -0.15) is 13.2 Å². The van der Waals surface area contributed by atoms with Crippen molar-refractivity contribution in [2.24, 2.45) is 5.92 Å². The van der Waals surface area contributed by atoms with Crippen LogP contribution in [0.5, 0.6) is 5.88 Å². The Morgan fingerprint density at radius 3 is 2.48 bits per heavy atom. The number of hydrogen-bond donors (Lipinski definition) is 2. The lowest BCUT2D eigenvalue weighted by Crippen LogP contribution is -2.22. The molecule has 0 radical (unpaired) electrons. The van der Waals surface area contributed by atoms with Gasteiger partial charge in [-0.05, 0) is 43.2 Å². The van der Waals surface area contributed by atoms with Crippen LogP contribution in [-0.2, 0) is 4.79 Å². The number of halogens is 3. The molecule has 2 amide bonds. The summed E-state index contributed by atoms with van der Waals surface area (Å²) in [5.74, 6) is -1.13. The lowest BCUT2D eigenvalue weighted by atomic mass is 10.2. The minimum Gasteiger partial charge on any atom is -0.467 e. The second-order valence-electron chi connectivity index (χ2n) is 6.06. The van der Waals surface area contributed by atoms with E-state index in [2.05, 4.69) is 20.4 Å². The van der Waals surface area contributed by atoms with Gasteiger partial charge < -0.3 is 15.4 Å². The van der Waals surface area contributed by atoms with Crippen molar-refractivity contribution in [3.8, 4) is 5.88 Å². The van der Waals surface area contributed by atoms with E-state index >= 15 is 0 Å². The largest absolute Gasteiger partial charge is 0.467 e. The minimum absolute atomic E-state index is 0.0342. The maximum Gasteiger partial charge on any atom is 0.422 e. The molecule has 1 aromatic heterocycles. The molecule has 27 heavy (non-hydrogen) atoms. The minimum atomic E-state index is -4.54. The fourth-order valence-electron chi connectivity index (χ4n) is 2.29. The van der Waals surface area contributed by atoms with Crippen molar-refractivity contribution in [1.82, 2.24) is 4.98 Å². The molecule has 1 aliphatic carbocycles. The summed E-state index contributed by atoms with van der Waals surface area (Å²) >= 11 is 0. The van der Waals surface area contributed by atoms with Gasteiger partial charge in [-0.1, -0.05) is 6.07 Å². The second-order valence-corrected chi connectivity index (χ2v) is 6.06. The fraction of sp³-hybridized carbons (Fsp3) is 0.278. The van der Waals surface area contributed by atoms with Crippen LogP contribution in [-0.4, -0.2) is 29.6 Å². The number of nitrogens with zero attached hydrogens (tertiary/aromatic N) is 1. The SMILES string of the molecule is O=C(Nc1cccc(NC(=O)C2CC2)c1)c1cccnc1OCC(F)(F)F. The third kappa shape index (κ3) is 5.44. The predicted molar refractivity (Wildman–Crippen MR) is 91.5 cm³/mol. The van der Waals surface area contributed by atoms with Crippen LogP contribution in [0.3, 0.4) is 0 Å². The molecule has 6 nitrogen and oxygen atoms in total. The van der Waals surface area contributed by atoms with E-state index in [1.165, 1.54) is 18.3 Å². The monoisotopic (exact) mass is 379 g/mol. The number of rotatable bonds is 6. The Bertz CT molecular complexity index is 851. The molecule has 2 N–H and O–H groups in total. The van der Waals surface area contributed by atoms with Crippen LogP contribution in [0, 0.1) is 5.92 Å². The zero-order valence-corrected chi connectivity index (χ0v) is 14.0. The van der Waals surface area contributed by atoms with Gasteiger partial charge in [0.25, 0.3) is 5.91 Å². The molecule has 0 aliphatic heterocycles. The third-order valence-electron chi connectivity index (χ3n) is 3.72. The smallest absolute Gasteiger partial charge is 0.422 e. The van der Waals surface area contributed by atoms with Gasteiger partial charge >= 0.3 is 6.18 Å². The van der Waals surface area contributed by atoms with Crippen molar-refractivity contribution in [3.63, 3.8) is 0 Å². The molecule has 0 unspecified atom stereocenters. The van der Waals surface area contributed by atoms with Crippen molar-refractivity contribution in [2.45, 2.75) is 19.0 Å². The van der Waals surface area contributed by atoms with Gasteiger partial charge in [-0.15, -0.1) is 0 Å². The first-order valence-electron chi connectivity index (χ1n) is 8.19. The van der Waals surface area contributed by atoms with Crippen LogP contribution in [0.1, 0.15) is 23.2 Å². The fourth-order valence-corrected chi connectivity index (χ4v) is 2.29. The van der Waals surface area contributed by atoms with Crippen LogP contribution in [0.25, 0.3) is 0 Å². The highest BCUT2D eigenvalue weighted by Crippen LogP contribution is 2.30. The lowest BCUT2D eigenvalue weighted by Gasteiger charge is -2.12. The van der Waals surface area contributed by atoms with Crippen molar-refractivity contribution in [2.75, 3.05) is 17.2 Å². The highest BCUT2D eigenvalue weighted by atomic mass is 19.4. The van der Waals surface area contributed by atoms with Crippen molar-refractivity contribution >= 4 is 23.2 Å². The maximum atomic E-state index is 12.4. The van der Waals surface area contributed by atoms with Gasteiger partial charge in [-0.25, -0.2) is 4.98 Å². The molecule has 1 saturated carbocycles. The number of hydrogen-bond acceptors (Lipinski definition) is 4. The Morgan fingerprint density at radius 2 is 1.81 bits per heavy atom. The van der Waals surface area contributed by atoms with Crippen molar-refractivity contribution < 1.29 is 27.5 Å². The summed E-state index contributed by atoms with van der Waals surface area (Å²) in [6.07, 6.45) is -1.58. The van der Waals surface area contributed by atoms with Gasteiger partial charge in [0, 0.05) is 23.5 Å². The molecular weight excluding hydrogens is 363 g/mol. The first-order valence-corrected chi connectivity index (χ1v) is 8.19. The molecule has 1 aromatic carbocycles. The quantitative estimate of drug-likeness (QED) is 0.803. The van der Waals surface area contributed by atoms with E-state index in [9.17, 15) is 22.8 Å². The molecule has 0 saturated heterocycles. The molecule has 2 aromatic rings. The van der Waals surface area contributed by atoms with E-state index in [1.807, 2.05) is 0 Å². The number of anilines is 2. The predicted octanol–water partition coefficient (Wildman–Crippen LogP) is 3.62. The third-order valence-corrected chi connectivity index (χ3v) is 3.72. The Hall–Kier alpha value is -3.10. The summed E-state index contributed by atoms with van der Waals surface area (Å²) in [5, 5.41) is 5.32. The molecule has 1 fully saturated rings. The number of nitrogens with one attached hydrogen (secondary N) is 2. The van der Waals surface area contributed by atoms with E-state index < -0.39 is 24.6 Å². The van der Waals surface area contributed by atoms with Crippen LogP contribution in [0.2, 0.25) is 0 Å². The van der Waals surface area contributed by atoms with E-state index in [0.717, 1.165) is 12.8 Å². The lowest BCUT2D eigenvalue weighted by molar-refractivity contribution is -0.154. The molecule has 1 heterocycles.